The smallest absolute Gasteiger partial charge is 0.443 e. The van der Waals surface area contributed by atoms with Gasteiger partial charge in [0.25, 0.3) is 5.91 Å². The number of anilines is 1. The van der Waals surface area contributed by atoms with Crippen LogP contribution in [0.25, 0.3) is 5.65 Å². The fraction of sp³-hybridized carbons (Fsp3) is 0.421. The second kappa shape index (κ2) is 6.95. The van der Waals surface area contributed by atoms with Crippen molar-refractivity contribution in [1.29, 1.82) is 0 Å². The van der Waals surface area contributed by atoms with Crippen molar-refractivity contribution < 1.29 is 27.4 Å². The van der Waals surface area contributed by atoms with Crippen molar-refractivity contribution in [3.05, 3.63) is 40.2 Å². The quantitative estimate of drug-likeness (QED) is 0.655. The molecule has 1 aliphatic carbocycles. The first kappa shape index (κ1) is 19.3. The van der Waals surface area contributed by atoms with Crippen molar-refractivity contribution in [1.82, 2.24) is 14.4 Å². The van der Waals surface area contributed by atoms with Gasteiger partial charge in [-0.05, 0) is 18.8 Å². The van der Waals surface area contributed by atoms with Gasteiger partial charge in [0.1, 0.15) is 22.8 Å². The molecule has 3 aromatic heterocycles. The van der Waals surface area contributed by atoms with Crippen LogP contribution in [0.15, 0.2) is 23.8 Å². The van der Waals surface area contributed by atoms with E-state index in [0.717, 1.165) is 24.3 Å². The molecule has 30 heavy (non-hydrogen) atoms. The highest BCUT2D eigenvalue weighted by molar-refractivity contribution is 7.10. The van der Waals surface area contributed by atoms with E-state index in [2.05, 4.69) is 15.3 Å². The van der Waals surface area contributed by atoms with Gasteiger partial charge in [-0.2, -0.15) is 13.2 Å². The van der Waals surface area contributed by atoms with Gasteiger partial charge >= 0.3 is 6.18 Å². The SMILES string of the molecule is CCOc1cc2nc(C3C4COCC43)cn2cc1NC(=O)c1csc(C(F)(F)F)n1. The van der Waals surface area contributed by atoms with E-state index in [1.807, 2.05) is 6.20 Å². The molecular formula is C19H17F3N4O3S. The largest absolute Gasteiger partial charge is 0.491 e. The van der Waals surface area contributed by atoms with E-state index < -0.39 is 17.1 Å². The van der Waals surface area contributed by atoms with Crippen molar-refractivity contribution in [3.63, 3.8) is 0 Å². The standard InChI is InChI=1S/C19H17F3N4O3S/c1-2-29-14-3-15-23-12(16-9-6-28-7-10(9)16)5-26(15)4-11(14)24-17(27)13-8-30-18(25-13)19(20,21)22/h3-5,8-10,16H,2,6-7H2,1H3,(H,24,27). The third-order valence-corrected chi connectivity index (χ3v) is 6.28. The van der Waals surface area contributed by atoms with Crippen LogP contribution in [0.3, 0.4) is 0 Å². The van der Waals surface area contributed by atoms with Crippen molar-refractivity contribution in [2.45, 2.75) is 19.0 Å². The third-order valence-electron chi connectivity index (χ3n) is 5.39. The number of carbonyl (C=O) groups is 1. The maximum absolute atomic E-state index is 12.8. The van der Waals surface area contributed by atoms with E-state index in [9.17, 15) is 18.0 Å². The molecule has 2 aliphatic rings. The van der Waals surface area contributed by atoms with Crippen molar-refractivity contribution >= 4 is 28.6 Å². The van der Waals surface area contributed by atoms with E-state index in [4.69, 9.17) is 9.47 Å². The number of pyridine rings is 1. The van der Waals surface area contributed by atoms with Crippen molar-refractivity contribution in [2.24, 2.45) is 11.8 Å². The van der Waals surface area contributed by atoms with Gasteiger partial charge in [-0.25, -0.2) is 9.97 Å². The first-order chi connectivity index (χ1) is 14.3. The van der Waals surface area contributed by atoms with E-state index in [0.29, 0.717) is 52.8 Å². The van der Waals surface area contributed by atoms with Crippen LogP contribution in [0.5, 0.6) is 5.75 Å². The number of amides is 1. The fourth-order valence-corrected chi connectivity index (χ4v) is 4.61. The lowest BCUT2D eigenvalue weighted by atomic mass is 10.2. The molecule has 2 fully saturated rings. The zero-order valence-corrected chi connectivity index (χ0v) is 16.6. The molecule has 0 bridgehead atoms. The van der Waals surface area contributed by atoms with Crippen molar-refractivity contribution in [2.75, 3.05) is 25.1 Å². The van der Waals surface area contributed by atoms with Crippen LogP contribution >= 0.6 is 11.3 Å². The van der Waals surface area contributed by atoms with Gasteiger partial charge in [-0.15, -0.1) is 11.3 Å². The Bertz CT molecular complexity index is 1120. The summed E-state index contributed by atoms with van der Waals surface area (Å²) in [5, 5.41) is 2.63. The average molecular weight is 438 g/mol. The number of alkyl halides is 3. The summed E-state index contributed by atoms with van der Waals surface area (Å²) in [5.74, 6) is 1.04. The van der Waals surface area contributed by atoms with Gasteiger partial charge in [0.05, 0.1) is 25.5 Å². The van der Waals surface area contributed by atoms with E-state index in [-0.39, 0.29) is 5.69 Å². The molecule has 11 heteroatoms. The molecule has 5 rings (SSSR count). The lowest BCUT2D eigenvalue weighted by Gasteiger charge is -2.11. The molecule has 3 aromatic rings. The maximum Gasteiger partial charge on any atom is 0.443 e. The summed E-state index contributed by atoms with van der Waals surface area (Å²) in [7, 11) is 0. The first-order valence-electron chi connectivity index (χ1n) is 9.42. The Kier molecular flexibility index (Phi) is 4.47. The number of imidazole rings is 1. The number of aromatic nitrogens is 3. The highest BCUT2D eigenvalue weighted by Crippen LogP contribution is 2.57. The molecule has 2 unspecified atom stereocenters. The van der Waals surface area contributed by atoms with E-state index in [1.54, 1.807) is 23.6 Å². The van der Waals surface area contributed by atoms with Crippen LogP contribution in [-0.4, -0.2) is 40.1 Å². The number of hydrogen-bond acceptors (Lipinski definition) is 6. The molecule has 2 atom stereocenters. The number of fused-ring (bicyclic) bond motifs is 2. The molecule has 1 saturated carbocycles. The minimum absolute atomic E-state index is 0.299. The number of ether oxygens (including phenoxy) is 2. The molecule has 7 nitrogen and oxygen atoms in total. The fourth-order valence-electron chi connectivity index (χ4n) is 3.94. The third kappa shape index (κ3) is 3.31. The summed E-state index contributed by atoms with van der Waals surface area (Å²) in [4.78, 5) is 20.6. The molecule has 1 N–H and O–H groups in total. The summed E-state index contributed by atoms with van der Waals surface area (Å²) < 4.78 is 51.1. The zero-order valence-electron chi connectivity index (χ0n) is 15.8. The number of nitrogens with one attached hydrogen (secondary N) is 1. The lowest BCUT2D eigenvalue weighted by molar-refractivity contribution is -0.137. The van der Waals surface area contributed by atoms with E-state index in [1.165, 1.54) is 0 Å². The second-order valence-electron chi connectivity index (χ2n) is 7.30. The molecule has 158 valence electrons. The highest BCUT2D eigenvalue weighted by atomic mass is 32.1. The van der Waals surface area contributed by atoms with Crippen LogP contribution in [0.1, 0.15) is 34.0 Å². The van der Waals surface area contributed by atoms with Crippen LogP contribution in [0.4, 0.5) is 18.9 Å². The zero-order chi connectivity index (χ0) is 21.0. The summed E-state index contributed by atoms with van der Waals surface area (Å²) in [5.41, 5.74) is 1.67. The normalized spacial score (nSPS) is 22.9. The molecule has 4 heterocycles. The minimum Gasteiger partial charge on any atom is -0.491 e. The lowest BCUT2D eigenvalue weighted by Crippen LogP contribution is -2.15. The highest BCUT2D eigenvalue weighted by Gasteiger charge is 2.55. The number of hydrogen-bond donors (Lipinski definition) is 1. The van der Waals surface area contributed by atoms with Crippen LogP contribution in [0.2, 0.25) is 0 Å². The molecular weight excluding hydrogens is 421 g/mol. The Morgan fingerprint density at radius 3 is 2.77 bits per heavy atom. The monoisotopic (exact) mass is 438 g/mol. The Labute approximate surface area is 172 Å². The Balaban J connectivity index is 1.43. The molecule has 0 aromatic carbocycles. The number of nitrogens with zero attached hydrogens (tertiary/aromatic N) is 3. The Morgan fingerprint density at radius 2 is 2.10 bits per heavy atom. The Morgan fingerprint density at radius 1 is 1.33 bits per heavy atom. The molecule has 0 radical (unpaired) electrons. The van der Waals surface area contributed by atoms with Crippen LogP contribution in [-0.2, 0) is 10.9 Å². The van der Waals surface area contributed by atoms with E-state index >= 15 is 0 Å². The van der Waals surface area contributed by atoms with Gasteiger partial charge in [-0.1, -0.05) is 0 Å². The maximum atomic E-state index is 12.8. The first-order valence-corrected chi connectivity index (χ1v) is 10.3. The number of thiazole rings is 1. The van der Waals surface area contributed by atoms with Gasteiger partial charge in [0, 0.05) is 29.8 Å². The molecule has 1 aliphatic heterocycles. The summed E-state index contributed by atoms with van der Waals surface area (Å²) in [6, 6.07) is 1.71. The summed E-state index contributed by atoms with van der Waals surface area (Å²) >= 11 is 0.380. The van der Waals surface area contributed by atoms with Gasteiger partial charge in [0.2, 0.25) is 0 Å². The second-order valence-corrected chi connectivity index (χ2v) is 8.15. The van der Waals surface area contributed by atoms with Gasteiger partial charge in [-0.3, -0.25) is 4.79 Å². The number of carbonyl (C=O) groups excluding carboxylic acids is 1. The minimum atomic E-state index is -4.59. The summed E-state index contributed by atoms with van der Waals surface area (Å²) in [6.07, 6.45) is -1.02. The predicted molar refractivity (Wildman–Crippen MR) is 102 cm³/mol. The predicted octanol–water partition coefficient (Wildman–Crippen LogP) is 3.82. The number of halogens is 3. The van der Waals surface area contributed by atoms with Crippen LogP contribution < -0.4 is 10.1 Å². The van der Waals surface area contributed by atoms with Crippen molar-refractivity contribution in [3.8, 4) is 5.75 Å². The Hall–Kier alpha value is -2.66. The van der Waals surface area contributed by atoms with Gasteiger partial charge < -0.3 is 19.2 Å². The molecule has 1 saturated heterocycles. The number of rotatable bonds is 5. The van der Waals surface area contributed by atoms with Gasteiger partial charge in [0.15, 0.2) is 5.01 Å². The van der Waals surface area contributed by atoms with Crippen LogP contribution in [0, 0.1) is 11.8 Å². The average Bonchev–Trinajstić information content (AvgIpc) is 3.17. The topological polar surface area (TPSA) is 77.8 Å². The summed E-state index contributed by atoms with van der Waals surface area (Å²) in [6.45, 7) is 3.66. The molecule has 1 amide bonds. The molecule has 0 spiro atoms.